The molecule has 1 aromatic rings. The van der Waals surface area contributed by atoms with Crippen LogP contribution in [0.1, 0.15) is 25.3 Å². The minimum absolute atomic E-state index is 0.426. The summed E-state index contributed by atoms with van der Waals surface area (Å²) in [6, 6.07) is 8.02. The second kappa shape index (κ2) is 5.47. The van der Waals surface area contributed by atoms with Gasteiger partial charge in [0, 0.05) is 32.2 Å². The fraction of sp³-hybridized carbons (Fsp3) is 0.600. The van der Waals surface area contributed by atoms with Crippen LogP contribution in [0, 0.1) is 0 Å². The van der Waals surface area contributed by atoms with Gasteiger partial charge < -0.3 is 0 Å². The van der Waals surface area contributed by atoms with E-state index in [0.717, 1.165) is 25.6 Å². The third-order valence-electron chi connectivity index (χ3n) is 4.31. The van der Waals surface area contributed by atoms with Gasteiger partial charge in [0.05, 0.1) is 4.90 Å². The zero-order chi connectivity index (χ0) is 14.2. The Balaban J connectivity index is 1.71. The van der Waals surface area contributed by atoms with Gasteiger partial charge in [-0.3, -0.25) is 4.90 Å². The molecule has 1 heterocycles. The number of hydrogen-bond donors (Lipinski definition) is 0. The number of piperazine rings is 1. The smallest absolute Gasteiger partial charge is 0.243 e. The predicted octanol–water partition coefficient (Wildman–Crippen LogP) is 1.72. The van der Waals surface area contributed by atoms with Crippen LogP contribution < -0.4 is 0 Å². The van der Waals surface area contributed by atoms with Crippen LogP contribution >= 0.6 is 0 Å². The van der Waals surface area contributed by atoms with Crippen molar-refractivity contribution in [2.45, 2.75) is 37.1 Å². The van der Waals surface area contributed by atoms with Crippen molar-refractivity contribution in [3.63, 3.8) is 0 Å². The quantitative estimate of drug-likeness (QED) is 0.849. The zero-order valence-corrected chi connectivity index (χ0v) is 12.8. The number of sulfonamides is 1. The van der Waals surface area contributed by atoms with Gasteiger partial charge >= 0.3 is 0 Å². The van der Waals surface area contributed by atoms with Crippen LogP contribution in [0.15, 0.2) is 29.2 Å². The molecule has 0 unspecified atom stereocenters. The van der Waals surface area contributed by atoms with Crippen molar-refractivity contribution in [1.82, 2.24) is 9.21 Å². The molecule has 0 atom stereocenters. The van der Waals surface area contributed by atoms with Gasteiger partial charge in [0.25, 0.3) is 0 Å². The minimum Gasteiger partial charge on any atom is -0.298 e. The molecule has 0 spiro atoms. The Morgan fingerprint density at radius 3 is 2.15 bits per heavy atom. The summed E-state index contributed by atoms with van der Waals surface area (Å²) in [6.07, 6.45) is 3.50. The summed E-state index contributed by atoms with van der Waals surface area (Å²) < 4.78 is 26.8. The van der Waals surface area contributed by atoms with Crippen molar-refractivity contribution in [2.75, 3.05) is 26.2 Å². The van der Waals surface area contributed by atoms with E-state index in [4.69, 9.17) is 0 Å². The molecule has 0 bridgehead atoms. The highest BCUT2D eigenvalue weighted by Crippen LogP contribution is 2.28. The van der Waals surface area contributed by atoms with Crippen molar-refractivity contribution in [2.24, 2.45) is 0 Å². The molecule has 1 aliphatic carbocycles. The van der Waals surface area contributed by atoms with Crippen molar-refractivity contribution in [3.05, 3.63) is 29.8 Å². The van der Waals surface area contributed by atoms with Gasteiger partial charge in [-0.1, -0.05) is 19.1 Å². The van der Waals surface area contributed by atoms with Gasteiger partial charge in [-0.15, -0.1) is 0 Å². The summed E-state index contributed by atoms with van der Waals surface area (Å²) in [5.41, 5.74) is 1.17. The van der Waals surface area contributed by atoms with E-state index in [1.165, 1.54) is 18.4 Å². The maximum atomic E-state index is 12.6. The highest BCUT2D eigenvalue weighted by atomic mass is 32.2. The molecule has 0 radical (unpaired) electrons. The normalized spacial score (nSPS) is 22.1. The Labute approximate surface area is 121 Å². The van der Waals surface area contributed by atoms with Gasteiger partial charge in [-0.25, -0.2) is 8.42 Å². The molecule has 110 valence electrons. The molecule has 3 rings (SSSR count). The number of nitrogens with zero attached hydrogens (tertiary/aromatic N) is 2. The Kier molecular flexibility index (Phi) is 3.84. The molecule has 2 fully saturated rings. The Hall–Kier alpha value is -0.910. The van der Waals surface area contributed by atoms with Crippen LogP contribution in [0.4, 0.5) is 0 Å². The number of rotatable bonds is 4. The molecule has 1 aliphatic heterocycles. The fourth-order valence-electron chi connectivity index (χ4n) is 2.79. The third-order valence-corrected chi connectivity index (χ3v) is 6.22. The molecule has 0 amide bonds. The van der Waals surface area contributed by atoms with Gasteiger partial charge in [0.15, 0.2) is 0 Å². The van der Waals surface area contributed by atoms with Crippen molar-refractivity contribution in [1.29, 1.82) is 0 Å². The summed E-state index contributed by atoms with van der Waals surface area (Å²) in [7, 11) is -3.31. The topological polar surface area (TPSA) is 40.6 Å². The first-order chi connectivity index (χ1) is 9.61. The zero-order valence-electron chi connectivity index (χ0n) is 12.0. The number of benzene rings is 1. The summed E-state index contributed by atoms with van der Waals surface area (Å²) in [4.78, 5) is 2.85. The van der Waals surface area contributed by atoms with E-state index in [1.54, 1.807) is 16.4 Å². The summed E-state index contributed by atoms with van der Waals surface area (Å²) >= 11 is 0. The van der Waals surface area contributed by atoms with E-state index in [9.17, 15) is 8.42 Å². The van der Waals surface area contributed by atoms with Crippen molar-refractivity contribution >= 4 is 10.0 Å². The summed E-state index contributed by atoms with van der Waals surface area (Å²) in [5.74, 6) is 0. The molecule has 0 aromatic heterocycles. The summed E-state index contributed by atoms with van der Waals surface area (Å²) in [5, 5.41) is 0. The maximum Gasteiger partial charge on any atom is 0.243 e. The highest BCUT2D eigenvalue weighted by molar-refractivity contribution is 7.89. The largest absolute Gasteiger partial charge is 0.298 e. The van der Waals surface area contributed by atoms with Gasteiger partial charge in [0.1, 0.15) is 0 Å². The van der Waals surface area contributed by atoms with E-state index >= 15 is 0 Å². The van der Waals surface area contributed by atoms with E-state index in [0.29, 0.717) is 18.0 Å². The second-order valence-electron chi connectivity index (χ2n) is 5.67. The predicted molar refractivity (Wildman–Crippen MR) is 79.2 cm³/mol. The van der Waals surface area contributed by atoms with Crippen LogP contribution in [-0.4, -0.2) is 49.8 Å². The van der Waals surface area contributed by atoms with Crippen LogP contribution in [0.2, 0.25) is 0 Å². The molecule has 1 saturated carbocycles. The molecular weight excluding hydrogens is 272 g/mol. The first-order valence-corrected chi connectivity index (χ1v) is 8.88. The number of aryl methyl sites for hydroxylation is 1. The SMILES string of the molecule is CCc1ccc(S(=O)(=O)N2CCN(C3CC3)CC2)cc1. The lowest BCUT2D eigenvalue weighted by Crippen LogP contribution is -2.49. The molecule has 1 aromatic carbocycles. The van der Waals surface area contributed by atoms with Gasteiger partial charge in [-0.2, -0.15) is 4.31 Å². The molecule has 5 heteroatoms. The Bertz CT molecular complexity index is 556. The molecular formula is C15H22N2O2S. The Morgan fingerprint density at radius 2 is 1.65 bits per heavy atom. The van der Waals surface area contributed by atoms with Crippen LogP contribution in [0.25, 0.3) is 0 Å². The lowest BCUT2D eigenvalue weighted by atomic mass is 10.2. The number of hydrogen-bond acceptors (Lipinski definition) is 3. The molecule has 0 N–H and O–H groups in total. The summed E-state index contributed by atoms with van der Waals surface area (Å²) in [6.45, 7) is 5.05. The first kappa shape index (κ1) is 14.0. The van der Waals surface area contributed by atoms with E-state index in [1.807, 2.05) is 12.1 Å². The van der Waals surface area contributed by atoms with Crippen molar-refractivity contribution in [3.8, 4) is 0 Å². The highest BCUT2D eigenvalue weighted by Gasteiger charge is 2.34. The van der Waals surface area contributed by atoms with Gasteiger partial charge in [-0.05, 0) is 37.0 Å². The fourth-order valence-corrected chi connectivity index (χ4v) is 4.22. The van der Waals surface area contributed by atoms with Crippen molar-refractivity contribution < 1.29 is 8.42 Å². The standard InChI is InChI=1S/C15H22N2O2S/c1-2-13-3-7-15(8-4-13)20(18,19)17-11-9-16(10-12-17)14-5-6-14/h3-4,7-8,14H,2,5-6,9-12H2,1H3. The van der Waals surface area contributed by atoms with Crippen LogP contribution in [-0.2, 0) is 16.4 Å². The first-order valence-electron chi connectivity index (χ1n) is 7.44. The molecule has 4 nitrogen and oxygen atoms in total. The second-order valence-corrected chi connectivity index (χ2v) is 7.61. The average Bonchev–Trinajstić information content (AvgIpc) is 3.32. The molecule has 2 aliphatic rings. The average molecular weight is 294 g/mol. The molecule has 1 saturated heterocycles. The molecule has 20 heavy (non-hydrogen) atoms. The lowest BCUT2D eigenvalue weighted by Gasteiger charge is -2.34. The van der Waals surface area contributed by atoms with Crippen LogP contribution in [0.3, 0.4) is 0 Å². The maximum absolute atomic E-state index is 12.6. The van der Waals surface area contributed by atoms with E-state index in [2.05, 4.69) is 11.8 Å². The monoisotopic (exact) mass is 294 g/mol. The lowest BCUT2D eigenvalue weighted by molar-refractivity contribution is 0.180. The van der Waals surface area contributed by atoms with Gasteiger partial charge in [0.2, 0.25) is 10.0 Å². The minimum atomic E-state index is -3.31. The Morgan fingerprint density at radius 1 is 1.05 bits per heavy atom. The van der Waals surface area contributed by atoms with E-state index in [-0.39, 0.29) is 0 Å². The van der Waals surface area contributed by atoms with E-state index < -0.39 is 10.0 Å². The third kappa shape index (κ3) is 2.75. The van der Waals surface area contributed by atoms with Crippen LogP contribution in [0.5, 0.6) is 0 Å².